The largest absolute Gasteiger partial charge is 0.479 e. The van der Waals surface area contributed by atoms with E-state index in [0.29, 0.717) is 40.0 Å². The second-order valence-corrected chi connectivity index (χ2v) is 7.54. The van der Waals surface area contributed by atoms with Gasteiger partial charge in [-0.15, -0.1) is 0 Å². The highest BCUT2D eigenvalue weighted by Crippen LogP contribution is 2.29. The Bertz CT molecular complexity index is 1070. The SMILES string of the molecule is COc1ncnc2sc(NC(=O)N3CCN(Cc4cccc(C#N)c4)CC3)nc12. The average Bonchev–Trinajstić information content (AvgIpc) is 3.16. The molecule has 3 aromatic rings. The molecule has 9 nitrogen and oxygen atoms in total. The van der Waals surface area contributed by atoms with Gasteiger partial charge in [0.2, 0.25) is 5.88 Å². The lowest BCUT2D eigenvalue weighted by Crippen LogP contribution is -2.49. The predicted octanol–water partition coefficient (Wildman–Crippen LogP) is 2.32. The normalized spacial score (nSPS) is 14.6. The van der Waals surface area contributed by atoms with Gasteiger partial charge in [0.05, 0.1) is 18.7 Å². The number of fused-ring (bicyclic) bond motifs is 1. The first-order valence-corrected chi connectivity index (χ1v) is 9.91. The molecule has 1 N–H and O–H groups in total. The van der Waals surface area contributed by atoms with Gasteiger partial charge in [-0.05, 0) is 17.7 Å². The lowest BCUT2D eigenvalue weighted by Gasteiger charge is -2.34. The summed E-state index contributed by atoms with van der Waals surface area (Å²) < 4.78 is 5.18. The first-order chi connectivity index (χ1) is 14.2. The number of nitrogens with one attached hydrogen (secondary N) is 1. The molecule has 3 heterocycles. The molecule has 0 bridgehead atoms. The number of methoxy groups -OCH3 is 1. The van der Waals surface area contributed by atoms with Crippen molar-refractivity contribution in [1.82, 2.24) is 24.8 Å². The van der Waals surface area contributed by atoms with E-state index >= 15 is 0 Å². The fraction of sp³-hybridized carbons (Fsp3) is 0.316. The number of rotatable bonds is 4. The third-order valence-corrected chi connectivity index (χ3v) is 5.57. The first kappa shape index (κ1) is 19.0. The molecule has 0 saturated carbocycles. The number of carbonyl (C=O) groups is 1. The van der Waals surface area contributed by atoms with Crippen LogP contribution in [0.5, 0.6) is 5.88 Å². The number of amides is 2. The van der Waals surface area contributed by atoms with Crippen molar-refractivity contribution >= 4 is 32.8 Å². The van der Waals surface area contributed by atoms with Gasteiger partial charge < -0.3 is 9.64 Å². The van der Waals surface area contributed by atoms with E-state index in [-0.39, 0.29) is 6.03 Å². The number of hydrogen-bond acceptors (Lipinski definition) is 8. The number of nitriles is 1. The average molecular weight is 409 g/mol. The smallest absolute Gasteiger partial charge is 0.323 e. The Morgan fingerprint density at radius 2 is 2.14 bits per heavy atom. The molecule has 2 amide bonds. The zero-order valence-electron chi connectivity index (χ0n) is 15.8. The number of piperazine rings is 1. The lowest BCUT2D eigenvalue weighted by atomic mass is 10.1. The fourth-order valence-electron chi connectivity index (χ4n) is 3.21. The summed E-state index contributed by atoms with van der Waals surface area (Å²) >= 11 is 1.29. The molecule has 1 saturated heterocycles. The van der Waals surface area contributed by atoms with Crippen LogP contribution < -0.4 is 10.1 Å². The third kappa shape index (κ3) is 4.26. The second kappa shape index (κ2) is 8.38. The van der Waals surface area contributed by atoms with Crippen LogP contribution in [0.15, 0.2) is 30.6 Å². The number of ether oxygens (including phenoxy) is 1. The number of aromatic nitrogens is 3. The van der Waals surface area contributed by atoms with Crippen molar-refractivity contribution in [3.05, 3.63) is 41.7 Å². The highest BCUT2D eigenvalue weighted by molar-refractivity contribution is 7.22. The molecule has 10 heteroatoms. The maximum atomic E-state index is 12.6. The quantitative estimate of drug-likeness (QED) is 0.704. The zero-order valence-corrected chi connectivity index (χ0v) is 16.6. The molecular weight excluding hydrogens is 390 g/mol. The molecule has 1 fully saturated rings. The van der Waals surface area contributed by atoms with Crippen LogP contribution in [0.4, 0.5) is 9.93 Å². The monoisotopic (exact) mass is 409 g/mol. The van der Waals surface area contributed by atoms with Crippen LogP contribution in [0.2, 0.25) is 0 Å². The Hall–Kier alpha value is -3.29. The van der Waals surface area contributed by atoms with E-state index in [1.165, 1.54) is 24.8 Å². The van der Waals surface area contributed by atoms with Crippen LogP contribution in [0.25, 0.3) is 10.3 Å². The molecule has 1 aliphatic rings. The predicted molar refractivity (Wildman–Crippen MR) is 109 cm³/mol. The van der Waals surface area contributed by atoms with Crippen molar-refractivity contribution in [3.8, 4) is 11.9 Å². The van der Waals surface area contributed by atoms with Gasteiger partial charge >= 0.3 is 6.03 Å². The van der Waals surface area contributed by atoms with Crippen LogP contribution in [0.3, 0.4) is 0 Å². The maximum Gasteiger partial charge on any atom is 0.323 e. The van der Waals surface area contributed by atoms with Gasteiger partial charge in [0.15, 0.2) is 15.5 Å². The molecule has 29 heavy (non-hydrogen) atoms. The fourth-order valence-corrected chi connectivity index (χ4v) is 4.00. The van der Waals surface area contributed by atoms with Gasteiger partial charge in [-0.25, -0.2) is 14.8 Å². The third-order valence-electron chi connectivity index (χ3n) is 4.69. The van der Waals surface area contributed by atoms with Crippen LogP contribution in [-0.4, -0.2) is 64.1 Å². The Labute approximate surface area is 171 Å². The minimum atomic E-state index is -0.179. The van der Waals surface area contributed by atoms with Gasteiger partial charge in [0.1, 0.15) is 6.33 Å². The number of benzene rings is 1. The highest BCUT2D eigenvalue weighted by Gasteiger charge is 2.22. The van der Waals surface area contributed by atoms with Crippen molar-refractivity contribution in [2.24, 2.45) is 0 Å². The minimum Gasteiger partial charge on any atom is -0.479 e. The van der Waals surface area contributed by atoms with Crippen molar-refractivity contribution in [1.29, 1.82) is 5.26 Å². The van der Waals surface area contributed by atoms with Gasteiger partial charge in [0, 0.05) is 32.7 Å². The topological polar surface area (TPSA) is 107 Å². The molecule has 0 unspecified atom stereocenters. The first-order valence-electron chi connectivity index (χ1n) is 9.09. The van der Waals surface area contributed by atoms with Crippen molar-refractivity contribution < 1.29 is 9.53 Å². The second-order valence-electron chi connectivity index (χ2n) is 6.56. The van der Waals surface area contributed by atoms with Gasteiger partial charge in [0.25, 0.3) is 0 Å². The molecule has 2 aromatic heterocycles. The summed E-state index contributed by atoms with van der Waals surface area (Å²) in [5.41, 5.74) is 2.31. The molecule has 0 radical (unpaired) electrons. The van der Waals surface area contributed by atoms with E-state index in [1.54, 1.807) is 11.0 Å². The molecule has 0 aliphatic carbocycles. The number of thiazole rings is 1. The van der Waals surface area contributed by atoms with E-state index < -0.39 is 0 Å². The van der Waals surface area contributed by atoms with Crippen LogP contribution >= 0.6 is 11.3 Å². The van der Waals surface area contributed by atoms with Crippen LogP contribution in [0, 0.1) is 11.3 Å². The lowest BCUT2D eigenvalue weighted by molar-refractivity contribution is 0.143. The summed E-state index contributed by atoms with van der Waals surface area (Å²) in [7, 11) is 1.52. The molecular formula is C19H19N7O2S. The molecule has 1 aromatic carbocycles. The molecule has 0 atom stereocenters. The van der Waals surface area contributed by atoms with E-state index in [0.717, 1.165) is 25.2 Å². The molecule has 148 valence electrons. The number of nitrogens with zero attached hydrogens (tertiary/aromatic N) is 6. The van der Waals surface area contributed by atoms with E-state index in [4.69, 9.17) is 10.00 Å². The van der Waals surface area contributed by atoms with E-state index in [9.17, 15) is 4.79 Å². The van der Waals surface area contributed by atoms with Crippen LogP contribution in [-0.2, 0) is 6.54 Å². The van der Waals surface area contributed by atoms with Gasteiger partial charge in [-0.2, -0.15) is 10.2 Å². The Morgan fingerprint density at radius 1 is 1.31 bits per heavy atom. The minimum absolute atomic E-state index is 0.179. The van der Waals surface area contributed by atoms with Gasteiger partial charge in [-0.1, -0.05) is 23.5 Å². The molecule has 0 spiro atoms. The van der Waals surface area contributed by atoms with Crippen molar-refractivity contribution in [3.63, 3.8) is 0 Å². The standard InChI is InChI=1S/C19H19N7O2S/c1-28-16-15-17(22-12-21-16)29-18(23-15)24-19(27)26-7-5-25(6-8-26)11-14-4-2-3-13(9-14)10-20/h2-4,9,12H,5-8,11H2,1H3,(H,23,24,27). The summed E-state index contributed by atoms with van der Waals surface area (Å²) in [4.78, 5) is 29.9. The summed E-state index contributed by atoms with van der Waals surface area (Å²) in [6.45, 7) is 3.55. The Morgan fingerprint density at radius 3 is 2.90 bits per heavy atom. The van der Waals surface area contributed by atoms with Crippen molar-refractivity contribution in [2.75, 3.05) is 38.6 Å². The molecule has 4 rings (SSSR count). The van der Waals surface area contributed by atoms with E-state index in [2.05, 4.69) is 31.2 Å². The molecule has 1 aliphatic heterocycles. The van der Waals surface area contributed by atoms with Crippen LogP contribution in [0.1, 0.15) is 11.1 Å². The number of anilines is 1. The summed E-state index contributed by atoms with van der Waals surface area (Å²) in [6.07, 6.45) is 1.41. The Balaban J connectivity index is 1.34. The highest BCUT2D eigenvalue weighted by atomic mass is 32.1. The van der Waals surface area contributed by atoms with Crippen molar-refractivity contribution in [2.45, 2.75) is 6.54 Å². The number of urea groups is 1. The number of hydrogen-bond donors (Lipinski definition) is 1. The summed E-state index contributed by atoms with van der Waals surface area (Å²) in [5.74, 6) is 0.390. The number of carbonyl (C=O) groups excluding carboxylic acids is 1. The maximum absolute atomic E-state index is 12.6. The summed E-state index contributed by atoms with van der Waals surface area (Å²) in [6, 6.07) is 9.61. The zero-order chi connectivity index (χ0) is 20.2. The van der Waals surface area contributed by atoms with E-state index in [1.807, 2.05) is 18.2 Å². The van der Waals surface area contributed by atoms with Gasteiger partial charge in [-0.3, -0.25) is 10.2 Å². The Kier molecular flexibility index (Phi) is 5.50. The summed E-state index contributed by atoms with van der Waals surface area (Å²) in [5, 5.41) is 12.3.